The number of halogens is 4. The van der Waals surface area contributed by atoms with Crippen LogP contribution in [0.4, 0.5) is 18.9 Å². The summed E-state index contributed by atoms with van der Waals surface area (Å²) < 4.78 is 38.7. The van der Waals surface area contributed by atoms with Crippen LogP contribution < -0.4 is 4.90 Å². The third-order valence-corrected chi connectivity index (χ3v) is 3.83. The van der Waals surface area contributed by atoms with Crippen LogP contribution in [0.15, 0.2) is 59.6 Å². The molecule has 24 heavy (non-hydrogen) atoms. The summed E-state index contributed by atoms with van der Waals surface area (Å²) >= 11 is 5.98. The molecule has 0 saturated heterocycles. The number of alkyl halides is 4. The van der Waals surface area contributed by atoms with Crippen LogP contribution in [0.2, 0.25) is 0 Å². The van der Waals surface area contributed by atoms with Crippen LogP contribution >= 0.6 is 11.6 Å². The van der Waals surface area contributed by atoms with Crippen molar-refractivity contribution >= 4 is 28.9 Å². The molecule has 1 aliphatic heterocycles. The molecule has 1 amide bonds. The standard InChI is InChI=1S/C17H12ClF3N2O/c18-15-16(24)23(10-17(19,20)21)13-9-5-4-8-12(13)14(22-15)11-6-2-1-3-7-11/h1-9,15H,10H2. The van der Waals surface area contributed by atoms with E-state index in [4.69, 9.17) is 11.6 Å². The number of hydrogen-bond donors (Lipinski definition) is 0. The number of amides is 1. The minimum absolute atomic E-state index is 0.144. The maximum Gasteiger partial charge on any atom is 0.406 e. The van der Waals surface area contributed by atoms with Gasteiger partial charge in [0.05, 0.1) is 11.4 Å². The second-order valence-electron chi connectivity index (χ2n) is 5.24. The van der Waals surface area contributed by atoms with Crippen molar-refractivity contribution in [3.05, 3.63) is 65.7 Å². The zero-order valence-electron chi connectivity index (χ0n) is 12.3. The number of para-hydroxylation sites is 1. The van der Waals surface area contributed by atoms with E-state index in [-0.39, 0.29) is 5.69 Å². The van der Waals surface area contributed by atoms with Gasteiger partial charge in [-0.1, -0.05) is 60.1 Å². The van der Waals surface area contributed by atoms with E-state index in [9.17, 15) is 18.0 Å². The number of carbonyl (C=O) groups excluding carboxylic acids is 1. The Labute approximate surface area is 141 Å². The number of anilines is 1. The number of nitrogens with zero attached hydrogens (tertiary/aromatic N) is 2. The van der Waals surface area contributed by atoms with Gasteiger partial charge >= 0.3 is 6.18 Å². The van der Waals surface area contributed by atoms with Crippen LogP contribution in [0.25, 0.3) is 0 Å². The molecule has 1 atom stereocenters. The van der Waals surface area contributed by atoms with E-state index in [1.807, 2.05) is 6.07 Å². The Morgan fingerprint density at radius 1 is 1.04 bits per heavy atom. The van der Waals surface area contributed by atoms with Crippen LogP contribution in [0, 0.1) is 0 Å². The fraction of sp³-hybridized carbons (Fsp3) is 0.176. The van der Waals surface area contributed by atoms with Gasteiger partial charge in [0.2, 0.25) is 5.50 Å². The Morgan fingerprint density at radius 2 is 1.67 bits per heavy atom. The van der Waals surface area contributed by atoms with Gasteiger partial charge in [-0.3, -0.25) is 14.7 Å². The van der Waals surface area contributed by atoms with Crippen molar-refractivity contribution in [1.82, 2.24) is 0 Å². The summed E-state index contributed by atoms with van der Waals surface area (Å²) in [7, 11) is 0. The minimum Gasteiger partial charge on any atom is -0.300 e. The molecular weight excluding hydrogens is 341 g/mol. The van der Waals surface area contributed by atoms with Crippen molar-refractivity contribution in [2.45, 2.75) is 11.7 Å². The first kappa shape index (κ1) is 16.5. The minimum atomic E-state index is -4.55. The van der Waals surface area contributed by atoms with E-state index < -0.39 is 24.1 Å². The van der Waals surface area contributed by atoms with Crippen molar-refractivity contribution in [2.24, 2.45) is 4.99 Å². The molecule has 0 fully saturated rings. The topological polar surface area (TPSA) is 32.7 Å². The highest BCUT2D eigenvalue weighted by Gasteiger charge is 2.38. The number of rotatable bonds is 2. The number of aliphatic imine (C=N–C) groups is 1. The number of fused-ring (bicyclic) bond motifs is 1. The third-order valence-electron chi connectivity index (χ3n) is 3.55. The van der Waals surface area contributed by atoms with Gasteiger partial charge < -0.3 is 0 Å². The Morgan fingerprint density at radius 3 is 2.33 bits per heavy atom. The maximum absolute atomic E-state index is 12.9. The second kappa shape index (κ2) is 6.28. The van der Waals surface area contributed by atoms with Gasteiger partial charge in [0.1, 0.15) is 6.54 Å². The molecule has 0 saturated carbocycles. The van der Waals surface area contributed by atoms with Gasteiger partial charge in [0.25, 0.3) is 5.91 Å². The van der Waals surface area contributed by atoms with Crippen LogP contribution in [0.1, 0.15) is 11.1 Å². The first-order valence-electron chi connectivity index (χ1n) is 7.11. The molecule has 1 unspecified atom stereocenters. The van der Waals surface area contributed by atoms with Crippen LogP contribution in [-0.4, -0.2) is 29.8 Å². The molecule has 1 aliphatic rings. The van der Waals surface area contributed by atoms with Gasteiger partial charge in [0, 0.05) is 11.1 Å². The smallest absolute Gasteiger partial charge is 0.300 e. The van der Waals surface area contributed by atoms with Gasteiger partial charge in [-0.25, -0.2) is 0 Å². The number of benzene rings is 2. The summed E-state index contributed by atoms with van der Waals surface area (Å²) in [4.78, 5) is 17.2. The monoisotopic (exact) mass is 352 g/mol. The molecule has 7 heteroatoms. The fourth-order valence-corrected chi connectivity index (χ4v) is 2.78. The maximum atomic E-state index is 12.9. The zero-order chi connectivity index (χ0) is 17.3. The summed E-state index contributed by atoms with van der Waals surface area (Å²) in [6, 6.07) is 15.3. The molecule has 0 spiro atoms. The molecule has 2 aromatic rings. The van der Waals surface area contributed by atoms with E-state index in [2.05, 4.69) is 4.99 Å². The predicted molar refractivity (Wildman–Crippen MR) is 86.6 cm³/mol. The van der Waals surface area contributed by atoms with E-state index >= 15 is 0 Å². The predicted octanol–water partition coefficient (Wildman–Crippen LogP) is 4.00. The lowest BCUT2D eigenvalue weighted by Crippen LogP contribution is -2.42. The van der Waals surface area contributed by atoms with Crippen LogP contribution in [0.3, 0.4) is 0 Å². The highest BCUT2D eigenvalue weighted by molar-refractivity contribution is 6.35. The highest BCUT2D eigenvalue weighted by Crippen LogP contribution is 2.31. The third kappa shape index (κ3) is 3.28. The first-order valence-corrected chi connectivity index (χ1v) is 7.55. The van der Waals surface area contributed by atoms with Gasteiger partial charge in [-0.05, 0) is 6.07 Å². The first-order chi connectivity index (χ1) is 11.4. The number of carbonyl (C=O) groups is 1. The normalized spacial score (nSPS) is 18.0. The molecule has 0 bridgehead atoms. The second-order valence-corrected chi connectivity index (χ2v) is 5.65. The van der Waals surface area contributed by atoms with E-state index in [0.29, 0.717) is 21.7 Å². The quantitative estimate of drug-likeness (QED) is 0.594. The lowest BCUT2D eigenvalue weighted by atomic mass is 10.0. The van der Waals surface area contributed by atoms with Crippen molar-refractivity contribution in [3.8, 4) is 0 Å². The zero-order valence-corrected chi connectivity index (χ0v) is 13.1. The Bertz CT molecular complexity index is 790. The average Bonchev–Trinajstić information content (AvgIpc) is 2.65. The van der Waals surface area contributed by atoms with E-state index in [1.54, 1.807) is 42.5 Å². The summed E-state index contributed by atoms with van der Waals surface area (Å²) in [6.45, 7) is -1.41. The summed E-state index contributed by atoms with van der Waals surface area (Å²) in [5, 5.41) is 0. The highest BCUT2D eigenvalue weighted by atomic mass is 35.5. The summed E-state index contributed by atoms with van der Waals surface area (Å²) in [6.07, 6.45) is -4.55. The van der Waals surface area contributed by atoms with Gasteiger partial charge in [-0.2, -0.15) is 13.2 Å². The number of benzodiazepines with no additional fused rings is 1. The van der Waals surface area contributed by atoms with Crippen molar-refractivity contribution in [3.63, 3.8) is 0 Å². The SMILES string of the molecule is O=C1C(Cl)N=C(c2ccccc2)c2ccccc2N1CC(F)(F)F. The molecule has 0 radical (unpaired) electrons. The molecular formula is C17H12ClF3N2O. The molecule has 0 aromatic heterocycles. The van der Waals surface area contributed by atoms with E-state index in [0.717, 1.165) is 0 Å². The van der Waals surface area contributed by atoms with Crippen molar-refractivity contribution in [2.75, 3.05) is 11.4 Å². The largest absolute Gasteiger partial charge is 0.406 e. The van der Waals surface area contributed by atoms with Gasteiger partial charge in [0.15, 0.2) is 0 Å². The Hall–Kier alpha value is -2.34. The van der Waals surface area contributed by atoms with Crippen LogP contribution in [0.5, 0.6) is 0 Å². The molecule has 124 valence electrons. The Balaban J connectivity index is 2.17. The molecule has 3 nitrogen and oxygen atoms in total. The average molecular weight is 353 g/mol. The molecule has 0 N–H and O–H groups in total. The summed E-state index contributed by atoms with van der Waals surface area (Å²) in [5.74, 6) is -0.896. The fourth-order valence-electron chi connectivity index (χ4n) is 2.56. The number of hydrogen-bond acceptors (Lipinski definition) is 2. The van der Waals surface area contributed by atoms with Crippen molar-refractivity contribution in [1.29, 1.82) is 0 Å². The van der Waals surface area contributed by atoms with Gasteiger partial charge in [-0.15, -0.1) is 0 Å². The Kier molecular flexibility index (Phi) is 4.32. The van der Waals surface area contributed by atoms with Crippen LogP contribution in [-0.2, 0) is 4.79 Å². The lowest BCUT2D eigenvalue weighted by molar-refractivity contribution is -0.132. The lowest BCUT2D eigenvalue weighted by Gasteiger charge is -2.24. The molecule has 3 rings (SSSR count). The molecule has 1 heterocycles. The molecule has 2 aromatic carbocycles. The van der Waals surface area contributed by atoms with Crippen molar-refractivity contribution < 1.29 is 18.0 Å². The molecule has 0 aliphatic carbocycles. The summed E-state index contributed by atoms with van der Waals surface area (Å²) in [5.41, 5.74) is 0.228. The van der Waals surface area contributed by atoms with E-state index in [1.165, 1.54) is 6.07 Å².